The van der Waals surface area contributed by atoms with Crippen LogP contribution in [0.15, 0.2) is 60.7 Å². The lowest BCUT2D eigenvalue weighted by molar-refractivity contribution is -0.129. The van der Waals surface area contributed by atoms with Crippen molar-refractivity contribution in [3.8, 4) is 0 Å². The first kappa shape index (κ1) is 25.8. The molecule has 5 nitrogen and oxygen atoms in total. The molecule has 2 amide bonds. The number of nitrogens with zero attached hydrogens (tertiary/aromatic N) is 1. The molecule has 1 heterocycles. The number of carbonyl (C=O) groups is 2. The molecule has 0 spiro atoms. The van der Waals surface area contributed by atoms with Crippen LogP contribution in [0.2, 0.25) is 18.1 Å². The highest BCUT2D eigenvalue weighted by Gasteiger charge is 2.39. The fourth-order valence-corrected chi connectivity index (χ4v) is 4.46. The largest absolute Gasteiger partial charge is 0.446 e. The van der Waals surface area contributed by atoms with Gasteiger partial charge in [0.1, 0.15) is 18.5 Å². The van der Waals surface area contributed by atoms with E-state index in [2.05, 4.69) is 33.9 Å². The topological polar surface area (TPSA) is 55.8 Å². The highest BCUT2D eigenvalue weighted by atomic mass is 28.4. The van der Waals surface area contributed by atoms with E-state index < -0.39 is 20.5 Å². The predicted molar refractivity (Wildman–Crippen MR) is 134 cm³/mol. The molecular formula is C27H34FNO4Si. The minimum atomic E-state index is -2.00. The standard InChI is InChI=1S/C27H34FNO4Si/c1-27(2,3)34(4,5)33-18-22(20-14-16-23(28)17-15-20)12-9-13-25(30)29-24(19-32-26(29)31)21-10-7-6-8-11-21/h6-8,10-12,14-17,24H,9,13,18-19H2,1-5H3/b22-12+/t24-/m1/s1. The molecule has 1 saturated heterocycles. The zero-order chi connectivity index (χ0) is 24.9. The molecule has 1 fully saturated rings. The third-order valence-electron chi connectivity index (χ3n) is 6.68. The molecule has 0 N–H and O–H groups in total. The summed E-state index contributed by atoms with van der Waals surface area (Å²) in [7, 11) is -2.00. The lowest BCUT2D eigenvalue weighted by Crippen LogP contribution is -2.41. The van der Waals surface area contributed by atoms with Crippen LogP contribution in [0, 0.1) is 5.82 Å². The van der Waals surface area contributed by atoms with E-state index in [1.54, 1.807) is 12.1 Å². The van der Waals surface area contributed by atoms with Gasteiger partial charge in [-0.15, -0.1) is 0 Å². The molecule has 182 valence electrons. The van der Waals surface area contributed by atoms with Crippen LogP contribution >= 0.6 is 0 Å². The number of imide groups is 1. The van der Waals surface area contributed by atoms with Crippen LogP contribution in [0.4, 0.5) is 9.18 Å². The smallest absolute Gasteiger partial charge is 0.417 e. The molecule has 34 heavy (non-hydrogen) atoms. The lowest BCUT2D eigenvalue weighted by atomic mass is 10.0. The Balaban J connectivity index is 1.73. The Morgan fingerprint density at radius 2 is 1.79 bits per heavy atom. The average Bonchev–Trinajstić information content (AvgIpc) is 3.18. The van der Waals surface area contributed by atoms with Crippen LogP contribution in [0.3, 0.4) is 0 Å². The number of hydrogen-bond donors (Lipinski definition) is 0. The minimum Gasteiger partial charge on any atom is -0.446 e. The van der Waals surface area contributed by atoms with Crippen LogP contribution in [0.25, 0.3) is 5.57 Å². The van der Waals surface area contributed by atoms with Gasteiger partial charge in [0.2, 0.25) is 5.91 Å². The Morgan fingerprint density at radius 1 is 1.15 bits per heavy atom. The maximum atomic E-state index is 13.5. The van der Waals surface area contributed by atoms with Crippen molar-refractivity contribution < 1.29 is 23.1 Å². The summed E-state index contributed by atoms with van der Waals surface area (Å²) < 4.78 is 25.1. The highest BCUT2D eigenvalue weighted by molar-refractivity contribution is 6.74. The fourth-order valence-electron chi connectivity index (χ4n) is 3.51. The molecule has 2 aromatic rings. The van der Waals surface area contributed by atoms with Crippen molar-refractivity contribution in [1.29, 1.82) is 0 Å². The van der Waals surface area contributed by atoms with E-state index in [0.29, 0.717) is 13.0 Å². The van der Waals surface area contributed by atoms with Crippen LogP contribution in [0.1, 0.15) is 50.8 Å². The summed E-state index contributed by atoms with van der Waals surface area (Å²) in [5, 5.41) is 0.0550. The number of allylic oxidation sites excluding steroid dienone is 1. The quantitative estimate of drug-likeness (QED) is 0.391. The van der Waals surface area contributed by atoms with E-state index in [1.165, 1.54) is 17.0 Å². The number of benzene rings is 2. The second-order valence-corrected chi connectivity index (χ2v) is 14.9. The summed E-state index contributed by atoms with van der Waals surface area (Å²) in [5.41, 5.74) is 2.63. The number of ether oxygens (including phenoxy) is 1. The molecule has 1 aliphatic rings. The van der Waals surface area contributed by atoms with Gasteiger partial charge in [-0.2, -0.15) is 0 Å². The molecule has 1 aliphatic heterocycles. The van der Waals surface area contributed by atoms with E-state index in [-0.39, 0.29) is 29.8 Å². The van der Waals surface area contributed by atoms with E-state index in [1.807, 2.05) is 36.4 Å². The summed E-state index contributed by atoms with van der Waals surface area (Å²) in [6, 6.07) is 15.3. The maximum Gasteiger partial charge on any atom is 0.417 e. The Kier molecular flexibility index (Phi) is 8.10. The van der Waals surface area contributed by atoms with Gasteiger partial charge < -0.3 is 9.16 Å². The first-order valence-corrected chi connectivity index (χ1v) is 14.5. The van der Waals surface area contributed by atoms with Gasteiger partial charge in [0, 0.05) is 6.42 Å². The molecule has 0 aliphatic carbocycles. The number of cyclic esters (lactones) is 1. The zero-order valence-electron chi connectivity index (χ0n) is 20.6. The fraction of sp³-hybridized carbons (Fsp3) is 0.407. The SMILES string of the molecule is CC(C)(C)[Si](C)(C)OC/C(=C\CCC(=O)N1C(=O)OC[C@@H]1c1ccccc1)c1ccc(F)cc1. The van der Waals surface area contributed by atoms with Crippen molar-refractivity contribution >= 4 is 25.9 Å². The van der Waals surface area contributed by atoms with Crippen LogP contribution in [-0.2, 0) is 14.0 Å². The number of halogens is 1. The van der Waals surface area contributed by atoms with Crippen molar-refractivity contribution in [3.05, 3.63) is 77.6 Å². The number of carbonyl (C=O) groups excluding carboxylic acids is 2. The first-order valence-electron chi connectivity index (χ1n) is 11.6. The normalized spacial score (nSPS) is 17.1. The first-order chi connectivity index (χ1) is 16.0. The third-order valence-corrected chi connectivity index (χ3v) is 11.2. The minimum absolute atomic E-state index is 0.0550. The summed E-state index contributed by atoms with van der Waals surface area (Å²) in [6.07, 6.45) is 1.93. The molecule has 0 aromatic heterocycles. The van der Waals surface area contributed by atoms with Crippen molar-refractivity contribution in [1.82, 2.24) is 4.90 Å². The Bertz CT molecular complexity index is 1030. The zero-order valence-corrected chi connectivity index (χ0v) is 21.6. The van der Waals surface area contributed by atoms with E-state index in [4.69, 9.17) is 9.16 Å². The third kappa shape index (κ3) is 6.21. The maximum absolute atomic E-state index is 13.5. The highest BCUT2D eigenvalue weighted by Crippen LogP contribution is 2.37. The molecule has 7 heteroatoms. The molecular weight excluding hydrogens is 449 g/mol. The Morgan fingerprint density at radius 3 is 2.41 bits per heavy atom. The van der Waals surface area contributed by atoms with E-state index in [9.17, 15) is 14.0 Å². The summed E-state index contributed by atoms with van der Waals surface area (Å²) in [4.78, 5) is 26.5. The lowest BCUT2D eigenvalue weighted by Gasteiger charge is -2.36. The number of hydrogen-bond acceptors (Lipinski definition) is 4. The second-order valence-electron chi connectivity index (χ2n) is 10.1. The van der Waals surface area contributed by atoms with Gasteiger partial charge >= 0.3 is 6.09 Å². The molecule has 2 aromatic carbocycles. The monoisotopic (exact) mass is 483 g/mol. The summed E-state index contributed by atoms with van der Waals surface area (Å²) in [6.45, 7) is 11.4. The van der Waals surface area contributed by atoms with Crippen molar-refractivity contribution in [2.75, 3.05) is 13.2 Å². The average molecular weight is 484 g/mol. The molecule has 0 saturated carbocycles. The van der Waals surface area contributed by atoms with Gasteiger partial charge in [0.05, 0.1) is 6.61 Å². The molecule has 0 unspecified atom stereocenters. The van der Waals surface area contributed by atoms with Crippen LogP contribution < -0.4 is 0 Å². The van der Waals surface area contributed by atoms with Gasteiger partial charge in [-0.1, -0.05) is 69.3 Å². The molecule has 0 bridgehead atoms. The van der Waals surface area contributed by atoms with E-state index >= 15 is 0 Å². The number of rotatable bonds is 8. The van der Waals surface area contributed by atoms with Crippen molar-refractivity contribution in [3.63, 3.8) is 0 Å². The molecule has 1 atom stereocenters. The van der Waals surface area contributed by atoms with E-state index in [0.717, 1.165) is 16.7 Å². The van der Waals surface area contributed by atoms with Gasteiger partial charge in [0.15, 0.2) is 8.32 Å². The van der Waals surface area contributed by atoms with Gasteiger partial charge in [-0.25, -0.2) is 14.1 Å². The summed E-state index contributed by atoms with van der Waals surface area (Å²) >= 11 is 0. The van der Waals surface area contributed by atoms with Crippen molar-refractivity contribution in [2.45, 2.75) is 57.8 Å². The van der Waals surface area contributed by atoms with Crippen LogP contribution in [-0.4, -0.2) is 38.4 Å². The van der Waals surface area contributed by atoms with Gasteiger partial charge in [-0.05, 0) is 53.4 Å². The Hall–Kier alpha value is -2.77. The second kappa shape index (κ2) is 10.7. The molecule has 0 radical (unpaired) electrons. The number of amides is 2. The van der Waals surface area contributed by atoms with Gasteiger partial charge in [0.25, 0.3) is 0 Å². The van der Waals surface area contributed by atoms with Crippen molar-refractivity contribution in [2.24, 2.45) is 0 Å². The van der Waals surface area contributed by atoms with Gasteiger partial charge in [-0.3, -0.25) is 4.79 Å². The summed E-state index contributed by atoms with van der Waals surface area (Å²) in [5.74, 6) is -0.584. The predicted octanol–water partition coefficient (Wildman–Crippen LogP) is 6.73. The molecule has 3 rings (SSSR count). The Labute approximate surface area is 202 Å². The van der Waals surface area contributed by atoms with Crippen LogP contribution in [0.5, 0.6) is 0 Å².